The summed E-state index contributed by atoms with van der Waals surface area (Å²) in [7, 11) is -3.70. The van der Waals surface area contributed by atoms with E-state index in [0.717, 1.165) is 24.5 Å². The molecule has 146 valence electrons. The number of hydrogen-bond acceptors (Lipinski definition) is 4. The first kappa shape index (κ1) is 20.8. The second-order valence-electron chi connectivity index (χ2n) is 5.78. The topological polar surface area (TPSA) is 72.5 Å². The monoisotopic (exact) mass is 401 g/mol. The highest BCUT2D eigenvalue weighted by Gasteiger charge is 2.31. The maximum atomic E-state index is 13.0. The Morgan fingerprint density at radius 2 is 1.81 bits per heavy atom. The molecule has 0 spiro atoms. The predicted molar refractivity (Wildman–Crippen MR) is 94.7 cm³/mol. The van der Waals surface area contributed by atoms with Gasteiger partial charge in [-0.2, -0.15) is 13.2 Å². The first-order valence-electron chi connectivity index (χ1n) is 7.98. The molecule has 0 saturated carbocycles. The first-order valence-corrected chi connectivity index (χ1v) is 9.87. The van der Waals surface area contributed by atoms with E-state index in [4.69, 9.17) is 4.74 Å². The van der Waals surface area contributed by atoms with Crippen LogP contribution in [0.2, 0.25) is 0 Å². The van der Waals surface area contributed by atoms with Crippen LogP contribution in [0.25, 0.3) is 0 Å². The van der Waals surface area contributed by atoms with Crippen LogP contribution in [0.5, 0.6) is 5.75 Å². The van der Waals surface area contributed by atoms with E-state index < -0.39 is 27.5 Å². The summed E-state index contributed by atoms with van der Waals surface area (Å²) in [6.45, 7) is 2.07. The minimum atomic E-state index is -4.60. The molecule has 0 fully saturated rings. The van der Waals surface area contributed by atoms with E-state index in [1.807, 2.05) is 6.92 Å². The van der Waals surface area contributed by atoms with E-state index >= 15 is 0 Å². The highest BCUT2D eigenvalue weighted by Crippen LogP contribution is 2.35. The van der Waals surface area contributed by atoms with Crippen LogP contribution in [0.3, 0.4) is 0 Å². The number of hydrogen-bond donors (Lipinski definition) is 1. The summed E-state index contributed by atoms with van der Waals surface area (Å²) in [6, 6.07) is 8.18. The van der Waals surface area contributed by atoms with Crippen molar-refractivity contribution in [2.75, 3.05) is 18.2 Å². The fourth-order valence-electron chi connectivity index (χ4n) is 2.31. The Kier molecular flexibility index (Phi) is 6.15. The van der Waals surface area contributed by atoms with Gasteiger partial charge in [-0.1, -0.05) is 19.1 Å². The molecule has 2 aromatic rings. The van der Waals surface area contributed by atoms with Gasteiger partial charge in [0.05, 0.1) is 28.3 Å². The zero-order valence-corrected chi connectivity index (χ0v) is 15.4. The minimum absolute atomic E-state index is 0.0648. The van der Waals surface area contributed by atoms with E-state index in [-0.39, 0.29) is 28.5 Å². The molecular formula is C18H18F3NO4S. The van der Waals surface area contributed by atoms with Crippen LogP contribution in [-0.2, 0) is 16.0 Å². The Balaban J connectivity index is 2.45. The van der Waals surface area contributed by atoms with Gasteiger partial charge in [0.1, 0.15) is 5.75 Å². The Hall–Kier alpha value is -2.55. The number of nitrogens with one attached hydrogen (secondary N) is 1. The third-order valence-corrected chi connectivity index (χ3v) is 4.70. The molecule has 1 N–H and O–H groups in total. The molecule has 1 amide bonds. The fourth-order valence-corrected chi connectivity index (χ4v) is 3.20. The van der Waals surface area contributed by atoms with E-state index in [0.29, 0.717) is 6.42 Å². The molecule has 2 rings (SSSR count). The summed E-state index contributed by atoms with van der Waals surface area (Å²) in [4.78, 5) is 12.3. The lowest BCUT2D eigenvalue weighted by molar-refractivity contribution is -0.137. The molecule has 0 saturated heterocycles. The number of sulfone groups is 1. The molecule has 2 aromatic carbocycles. The van der Waals surface area contributed by atoms with Crippen molar-refractivity contribution in [2.45, 2.75) is 24.4 Å². The van der Waals surface area contributed by atoms with Gasteiger partial charge in [-0.25, -0.2) is 8.42 Å². The van der Waals surface area contributed by atoms with E-state index in [2.05, 4.69) is 5.32 Å². The third kappa shape index (κ3) is 5.22. The largest absolute Gasteiger partial charge is 0.491 e. The van der Waals surface area contributed by atoms with Crippen LogP contribution in [0.4, 0.5) is 18.9 Å². The van der Waals surface area contributed by atoms with Crippen molar-refractivity contribution in [3.8, 4) is 5.75 Å². The van der Waals surface area contributed by atoms with Crippen molar-refractivity contribution >= 4 is 21.4 Å². The van der Waals surface area contributed by atoms with Crippen LogP contribution in [0.15, 0.2) is 47.4 Å². The Morgan fingerprint density at radius 3 is 2.41 bits per heavy atom. The number of carbonyl (C=O) groups is 1. The van der Waals surface area contributed by atoms with Crippen LogP contribution in [-0.4, -0.2) is 27.2 Å². The molecule has 0 aliphatic heterocycles. The molecule has 0 heterocycles. The van der Waals surface area contributed by atoms with Gasteiger partial charge in [-0.3, -0.25) is 4.79 Å². The zero-order chi connectivity index (χ0) is 20.2. The standard InChI is InChI=1S/C18H18F3NO4S/c1-3-10-26-15-9-8-12(18(19,20)21)11-14(15)22-17(23)13-6-4-5-7-16(13)27(2,24)25/h4-9,11H,3,10H2,1-2H3,(H,22,23). The number of amides is 1. The van der Waals surface area contributed by atoms with Gasteiger partial charge in [0, 0.05) is 6.26 Å². The number of carbonyl (C=O) groups excluding carboxylic acids is 1. The lowest BCUT2D eigenvalue weighted by Gasteiger charge is -2.16. The van der Waals surface area contributed by atoms with Crippen molar-refractivity contribution in [3.05, 3.63) is 53.6 Å². The van der Waals surface area contributed by atoms with Gasteiger partial charge >= 0.3 is 6.18 Å². The van der Waals surface area contributed by atoms with Gasteiger partial charge in [-0.05, 0) is 36.8 Å². The molecule has 0 bridgehead atoms. The molecule has 0 radical (unpaired) electrons. The maximum absolute atomic E-state index is 13.0. The van der Waals surface area contributed by atoms with E-state index in [1.165, 1.54) is 24.3 Å². The number of benzene rings is 2. The molecule has 27 heavy (non-hydrogen) atoms. The van der Waals surface area contributed by atoms with Crippen LogP contribution < -0.4 is 10.1 Å². The lowest BCUT2D eigenvalue weighted by atomic mass is 10.1. The van der Waals surface area contributed by atoms with Crippen LogP contribution >= 0.6 is 0 Å². The first-order chi connectivity index (χ1) is 12.5. The van der Waals surface area contributed by atoms with Crippen LogP contribution in [0, 0.1) is 0 Å². The van der Waals surface area contributed by atoms with Crippen LogP contribution in [0.1, 0.15) is 29.3 Å². The highest BCUT2D eigenvalue weighted by atomic mass is 32.2. The van der Waals surface area contributed by atoms with Gasteiger partial charge in [0.2, 0.25) is 0 Å². The van der Waals surface area contributed by atoms with Gasteiger partial charge < -0.3 is 10.1 Å². The number of halogens is 3. The van der Waals surface area contributed by atoms with Gasteiger partial charge in [0.25, 0.3) is 5.91 Å². The molecule has 9 heteroatoms. The molecule has 0 unspecified atom stereocenters. The lowest BCUT2D eigenvalue weighted by Crippen LogP contribution is -2.17. The summed E-state index contributed by atoms with van der Waals surface area (Å²) in [5.74, 6) is -0.785. The van der Waals surface area contributed by atoms with Crippen molar-refractivity contribution in [2.24, 2.45) is 0 Å². The van der Waals surface area contributed by atoms with E-state index in [9.17, 15) is 26.4 Å². The molecule has 0 aromatic heterocycles. The van der Waals surface area contributed by atoms with E-state index in [1.54, 1.807) is 0 Å². The molecule has 0 atom stereocenters. The Bertz CT molecular complexity index is 940. The fraction of sp³-hybridized carbons (Fsp3) is 0.278. The molecule has 0 aliphatic carbocycles. The zero-order valence-electron chi connectivity index (χ0n) is 14.6. The quantitative estimate of drug-likeness (QED) is 0.789. The average Bonchev–Trinajstić information content (AvgIpc) is 2.59. The van der Waals surface area contributed by atoms with Gasteiger partial charge in [0.15, 0.2) is 9.84 Å². The predicted octanol–water partition coefficient (Wildman–Crippen LogP) is 4.15. The Morgan fingerprint density at radius 1 is 1.15 bits per heavy atom. The number of rotatable bonds is 6. The highest BCUT2D eigenvalue weighted by molar-refractivity contribution is 7.90. The number of alkyl halides is 3. The maximum Gasteiger partial charge on any atom is 0.416 e. The molecule has 0 aliphatic rings. The molecular weight excluding hydrogens is 383 g/mol. The molecule has 5 nitrogen and oxygen atoms in total. The normalized spacial score (nSPS) is 11.9. The Labute approximate surface area is 155 Å². The van der Waals surface area contributed by atoms with Crippen molar-refractivity contribution in [3.63, 3.8) is 0 Å². The SMILES string of the molecule is CCCOc1ccc(C(F)(F)F)cc1NC(=O)c1ccccc1S(C)(=O)=O. The van der Waals surface area contributed by atoms with Crippen molar-refractivity contribution < 1.29 is 31.1 Å². The summed E-state index contributed by atoms with van der Waals surface area (Å²) in [6.07, 6.45) is -3.04. The summed E-state index contributed by atoms with van der Waals surface area (Å²) in [5, 5.41) is 2.33. The third-order valence-electron chi connectivity index (χ3n) is 3.55. The number of anilines is 1. The summed E-state index contributed by atoms with van der Waals surface area (Å²) in [5.41, 5.74) is -1.32. The summed E-state index contributed by atoms with van der Waals surface area (Å²) >= 11 is 0. The van der Waals surface area contributed by atoms with Crippen molar-refractivity contribution in [1.29, 1.82) is 0 Å². The second kappa shape index (κ2) is 7.99. The summed E-state index contributed by atoms with van der Waals surface area (Å²) < 4.78 is 68.1. The van der Waals surface area contributed by atoms with Gasteiger partial charge in [-0.15, -0.1) is 0 Å². The second-order valence-corrected chi connectivity index (χ2v) is 7.76. The average molecular weight is 401 g/mol. The minimum Gasteiger partial charge on any atom is -0.491 e. The number of ether oxygens (including phenoxy) is 1. The van der Waals surface area contributed by atoms with Crippen molar-refractivity contribution in [1.82, 2.24) is 0 Å². The smallest absolute Gasteiger partial charge is 0.416 e.